The summed E-state index contributed by atoms with van der Waals surface area (Å²) in [4.78, 5) is 12.2. The van der Waals surface area contributed by atoms with Crippen LogP contribution in [0.5, 0.6) is 0 Å². The zero-order valence-electron chi connectivity index (χ0n) is 11.8. The van der Waals surface area contributed by atoms with Crippen LogP contribution in [0.2, 0.25) is 18.1 Å². The van der Waals surface area contributed by atoms with Gasteiger partial charge in [-0.1, -0.05) is 26.8 Å². The van der Waals surface area contributed by atoms with Crippen molar-refractivity contribution in [2.24, 2.45) is 0 Å². The van der Waals surface area contributed by atoms with E-state index < -0.39 is 8.32 Å². The molecule has 0 aliphatic carbocycles. The van der Waals surface area contributed by atoms with Crippen molar-refractivity contribution in [1.82, 2.24) is 0 Å². The first kappa shape index (κ1) is 15.4. The minimum atomic E-state index is -1.73. The third-order valence-corrected chi connectivity index (χ3v) is 8.70. The highest BCUT2D eigenvalue weighted by Gasteiger charge is 2.36. The highest BCUT2D eigenvalue weighted by molar-refractivity contribution is 7.11. The number of hydrogen-bond acceptors (Lipinski definition) is 4. The van der Waals surface area contributed by atoms with Gasteiger partial charge >= 0.3 is 5.97 Å². The van der Waals surface area contributed by atoms with E-state index in [2.05, 4.69) is 33.9 Å². The lowest BCUT2D eigenvalue weighted by Crippen LogP contribution is -2.41. The van der Waals surface area contributed by atoms with Gasteiger partial charge in [-0.05, 0) is 29.6 Å². The molecule has 0 unspecified atom stereocenters. The van der Waals surface area contributed by atoms with E-state index in [0.717, 1.165) is 0 Å². The quantitative estimate of drug-likeness (QED) is 0.467. The van der Waals surface area contributed by atoms with Crippen LogP contribution in [0.25, 0.3) is 0 Å². The first-order valence-electron chi connectivity index (χ1n) is 6.08. The lowest BCUT2D eigenvalue weighted by molar-refractivity contribution is 0.0447. The lowest BCUT2D eigenvalue weighted by Gasteiger charge is -2.36. The predicted molar refractivity (Wildman–Crippen MR) is 77.8 cm³/mol. The van der Waals surface area contributed by atoms with Gasteiger partial charge in [-0.3, -0.25) is 0 Å². The number of rotatable bonds is 5. The fourth-order valence-electron chi connectivity index (χ4n) is 1.11. The average molecular weight is 286 g/mol. The molecule has 0 fully saturated rings. The molecular weight excluding hydrogens is 264 g/mol. The molecule has 0 aromatic carbocycles. The molecule has 0 saturated heterocycles. The van der Waals surface area contributed by atoms with Crippen molar-refractivity contribution in [3.8, 4) is 0 Å². The fourth-order valence-corrected chi connectivity index (χ4v) is 2.76. The topological polar surface area (TPSA) is 35.5 Å². The van der Waals surface area contributed by atoms with Gasteiger partial charge in [0.2, 0.25) is 0 Å². The molecule has 0 aliphatic rings. The summed E-state index contributed by atoms with van der Waals surface area (Å²) in [6.45, 7) is 11.8. The van der Waals surface area contributed by atoms with Crippen LogP contribution in [-0.2, 0) is 9.16 Å². The first-order valence-corrected chi connectivity index (χ1v) is 9.87. The number of esters is 1. The van der Waals surface area contributed by atoms with E-state index in [1.54, 1.807) is 6.07 Å². The van der Waals surface area contributed by atoms with Crippen LogP contribution in [0.3, 0.4) is 0 Å². The number of thiophene rings is 1. The molecular formula is C13H22O3SSi. The van der Waals surface area contributed by atoms with Gasteiger partial charge in [-0.25, -0.2) is 4.79 Å². The van der Waals surface area contributed by atoms with Gasteiger partial charge in [-0.15, -0.1) is 11.3 Å². The number of carbonyl (C=O) groups excluding carboxylic acids is 1. The van der Waals surface area contributed by atoms with Crippen molar-refractivity contribution in [3.05, 3.63) is 22.4 Å². The number of ether oxygens (including phenoxy) is 1. The molecule has 0 aliphatic heterocycles. The van der Waals surface area contributed by atoms with Crippen LogP contribution in [0, 0.1) is 0 Å². The van der Waals surface area contributed by atoms with Crippen LogP contribution in [0.15, 0.2) is 17.5 Å². The largest absolute Gasteiger partial charge is 0.459 e. The predicted octanol–water partition coefficient (Wildman–Crippen LogP) is 3.93. The molecule has 5 heteroatoms. The third-order valence-electron chi connectivity index (χ3n) is 3.31. The summed E-state index contributed by atoms with van der Waals surface area (Å²) in [5, 5.41) is 2.05. The van der Waals surface area contributed by atoms with E-state index in [9.17, 15) is 4.79 Å². The van der Waals surface area contributed by atoms with Gasteiger partial charge in [0.25, 0.3) is 0 Å². The van der Waals surface area contributed by atoms with Crippen LogP contribution >= 0.6 is 11.3 Å². The third kappa shape index (κ3) is 4.22. The summed E-state index contributed by atoms with van der Waals surface area (Å²) in [5.41, 5.74) is 0. The van der Waals surface area contributed by atoms with E-state index in [1.807, 2.05) is 11.4 Å². The molecule has 0 spiro atoms. The SMILES string of the molecule is CC(C)(C)[Si](C)(C)OCCOC(=O)c1cccs1. The molecule has 1 aromatic rings. The smallest absolute Gasteiger partial charge is 0.348 e. The minimum Gasteiger partial charge on any atom is -0.459 e. The second-order valence-electron chi connectivity index (χ2n) is 5.72. The van der Waals surface area contributed by atoms with Crippen molar-refractivity contribution >= 4 is 25.6 Å². The Morgan fingerprint density at radius 3 is 2.50 bits per heavy atom. The van der Waals surface area contributed by atoms with Crippen LogP contribution in [-0.4, -0.2) is 27.5 Å². The Morgan fingerprint density at radius 1 is 1.33 bits per heavy atom. The zero-order valence-corrected chi connectivity index (χ0v) is 13.6. The minimum absolute atomic E-state index is 0.185. The maximum Gasteiger partial charge on any atom is 0.348 e. The van der Waals surface area contributed by atoms with Gasteiger partial charge in [-0.2, -0.15) is 0 Å². The van der Waals surface area contributed by atoms with Gasteiger partial charge in [0.1, 0.15) is 11.5 Å². The van der Waals surface area contributed by atoms with E-state index in [0.29, 0.717) is 18.1 Å². The zero-order chi connectivity index (χ0) is 13.8. The summed E-state index contributed by atoms with van der Waals surface area (Å²) >= 11 is 1.39. The summed E-state index contributed by atoms with van der Waals surface area (Å²) in [5.74, 6) is -0.260. The average Bonchev–Trinajstić information content (AvgIpc) is 2.75. The molecule has 1 aromatic heterocycles. The Labute approximate surface area is 114 Å². The molecule has 1 heterocycles. The summed E-state index contributed by atoms with van der Waals surface area (Å²) in [7, 11) is -1.73. The van der Waals surface area contributed by atoms with Crippen molar-refractivity contribution in [2.75, 3.05) is 13.2 Å². The molecule has 0 saturated carbocycles. The molecule has 18 heavy (non-hydrogen) atoms. The van der Waals surface area contributed by atoms with Gasteiger partial charge in [0.15, 0.2) is 8.32 Å². The lowest BCUT2D eigenvalue weighted by atomic mass is 10.2. The molecule has 0 bridgehead atoms. The fraction of sp³-hybridized carbons (Fsp3) is 0.615. The highest BCUT2D eigenvalue weighted by Crippen LogP contribution is 2.36. The molecule has 0 N–H and O–H groups in total. The maximum absolute atomic E-state index is 11.6. The standard InChI is InChI=1S/C13H22O3SSi/c1-13(2,3)18(4,5)16-9-8-15-12(14)11-7-6-10-17-11/h6-7,10H,8-9H2,1-5H3. The van der Waals surface area contributed by atoms with E-state index in [1.165, 1.54) is 11.3 Å². The second-order valence-corrected chi connectivity index (χ2v) is 11.5. The number of hydrogen-bond donors (Lipinski definition) is 0. The Hall–Kier alpha value is -0.653. The number of carbonyl (C=O) groups is 1. The Balaban J connectivity index is 2.29. The molecule has 0 radical (unpaired) electrons. The summed E-state index contributed by atoms with van der Waals surface area (Å²) < 4.78 is 11.1. The van der Waals surface area contributed by atoms with Gasteiger partial charge < -0.3 is 9.16 Å². The molecule has 102 valence electrons. The summed E-state index contributed by atoms with van der Waals surface area (Å²) in [6, 6.07) is 3.61. The first-order chi connectivity index (χ1) is 8.24. The Kier molecular flexibility index (Phi) is 5.13. The van der Waals surface area contributed by atoms with E-state index in [-0.39, 0.29) is 11.0 Å². The van der Waals surface area contributed by atoms with Crippen LogP contribution in [0.1, 0.15) is 30.4 Å². The highest BCUT2D eigenvalue weighted by atomic mass is 32.1. The van der Waals surface area contributed by atoms with E-state index >= 15 is 0 Å². The maximum atomic E-state index is 11.6. The summed E-state index contributed by atoms with van der Waals surface area (Å²) in [6.07, 6.45) is 0. The Morgan fingerprint density at radius 2 is 2.00 bits per heavy atom. The molecule has 3 nitrogen and oxygen atoms in total. The van der Waals surface area contributed by atoms with Crippen molar-refractivity contribution in [3.63, 3.8) is 0 Å². The molecule has 1 rings (SSSR count). The van der Waals surface area contributed by atoms with Gasteiger partial charge in [0.05, 0.1) is 6.61 Å². The van der Waals surface area contributed by atoms with Crippen LogP contribution < -0.4 is 0 Å². The van der Waals surface area contributed by atoms with Crippen molar-refractivity contribution in [1.29, 1.82) is 0 Å². The van der Waals surface area contributed by atoms with E-state index in [4.69, 9.17) is 9.16 Å². The molecule has 0 atom stereocenters. The normalized spacial score (nSPS) is 12.5. The van der Waals surface area contributed by atoms with Crippen LogP contribution in [0.4, 0.5) is 0 Å². The van der Waals surface area contributed by atoms with Crippen molar-refractivity contribution in [2.45, 2.75) is 38.9 Å². The second kappa shape index (κ2) is 5.99. The Bertz CT molecular complexity index is 379. The van der Waals surface area contributed by atoms with Gasteiger partial charge in [0, 0.05) is 0 Å². The monoisotopic (exact) mass is 286 g/mol. The molecule has 0 amide bonds. The van der Waals surface area contributed by atoms with Crippen molar-refractivity contribution < 1.29 is 14.0 Å².